The Balaban J connectivity index is 2.23. The lowest BCUT2D eigenvalue weighted by Gasteiger charge is -2.07. The first-order chi connectivity index (χ1) is 7.74. The van der Waals surface area contributed by atoms with E-state index in [1.807, 2.05) is 18.2 Å². The Labute approximate surface area is 109 Å². The van der Waals surface area contributed by atoms with E-state index >= 15 is 0 Å². The Hall–Kier alpha value is -0.130. The largest absolute Gasteiger partial charge is 0.394 e. The van der Waals surface area contributed by atoms with Crippen LogP contribution in [0.5, 0.6) is 0 Å². The highest BCUT2D eigenvalue weighted by Gasteiger charge is 2.00. The molecule has 0 heterocycles. The summed E-state index contributed by atoms with van der Waals surface area (Å²) in [4.78, 5) is 0. The fraction of sp³-hybridized carbons (Fsp3) is 0.455. The Kier molecular flexibility index (Phi) is 7.00. The second-order valence-corrected chi connectivity index (χ2v) is 4.57. The van der Waals surface area contributed by atoms with Crippen molar-refractivity contribution < 1.29 is 9.84 Å². The van der Waals surface area contributed by atoms with Gasteiger partial charge in [-0.3, -0.25) is 0 Å². The predicted octanol–water partition coefficient (Wildman–Crippen LogP) is 2.20. The molecule has 1 rings (SSSR count). The first-order valence-corrected chi connectivity index (χ1v) is 6.24. The van der Waals surface area contributed by atoms with Gasteiger partial charge in [-0.1, -0.05) is 27.5 Å². The first kappa shape index (κ1) is 13.9. The van der Waals surface area contributed by atoms with Gasteiger partial charge >= 0.3 is 0 Å². The lowest BCUT2D eigenvalue weighted by molar-refractivity contribution is 0.0938. The number of ether oxygens (including phenoxy) is 1. The molecule has 3 nitrogen and oxygen atoms in total. The van der Waals surface area contributed by atoms with Gasteiger partial charge in [-0.25, -0.2) is 0 Å². The number of nitrogens with one attached hydrogen (secondary N) is 1. The van der Waals surface area contributed by atoms with Crippen LogP contribution in [0.3, 0.4) is 0 Å². The van der Waals surface area contributed by atoms with Crippen molar-refractivity contribution in [3.63, 3.8) is 0 Å². The molecule has 0 bridgehead atoms. The Morgan fingerprint density at radius 3 is 2.94 bits per heavy atom. The van der Waals surface area contributed by atoms with Gasteiger partial charge in [0.2, 0.25) is 0 Å². The summed E-state index contributed by atoms with van der Waals surface area (Å²) in [5.74, 6) is 0. The average Bonchev–Trinajstić information content (AvgIpc) is 2.28. The van der Waals surface area contributed by atoms with Crippen molar-refractivity contribution in [3.05, 3.63) is 33.3 Å². The van der Waals surface area contributed by atoms with E-state index < -0.39 is 0 Å². The van der Waals surface area contributed by atoms with Gasteiger partial charge in [0.25, 0.3) is 0 Å². The highest BCUT2D eigenvalue weighted by molar-refractivity contribution is 9.10. The lowest BCUT2D eigenvalue weighted by atomic mass is 10.2. The summed E-state index contributed by atoms with van der Waals surface area (Å²) >= 11 is 9.43. The third kappa shape index (κ3) is 5.27. The van der Waals surface area contributed by atoms with Crippen LogP contribution in [-0.2, 0) is 11.3 Å². The van der Waals surface area contributed by atoms with E-state index in [0.29, 0.717) is 19.8 Å². The molecule has 0 unspecified atom stereocenters. The number of aliphatic hydroxyl groups is 1. The maximum absolute atomic E-state index is 8.50. The highest BCUT2D eigenvalue weighted by Crippen LogP contribution is 2.20. The van der Waals surface area contributed by atoms with Crippen LogP contribution in [0.4, 0.5) is 0 Å². The summed E-state index contributed by atoms with van der Waals surface area (Å²) in [5.41, 5.74) is 1.05. The van der Waals surface area contributed by atoms with Crippen molar-refractivity contribution in [1.29, 1.82) is 0 Å². The molecule has 0 spiro atoms. The Morgan fingerprint density at radius 2 is 2.19 bits per heavy atom. The van der Waals surface area contributed by atoms with E-state index in [0.717, 1.165) is 21.6 Å². The van der Waals surface area contributed by atoms with Crippen molar-refractivity contribution >= 4 is 27.5 Å². The molecule has 0 radical (unpaired) electrons. The fourth-order valence-electron chi connectivity index (χ4n) is 1.21. The topological polar surface area (TPSA) is 41.5 Å². The molecule has 0 atom stereocenters. The molecule has 0 amide bonds. The van der Waals surface area contributed by atoms with E-state index in [2.05, 4.69) is 21.2 Å². The molecule has 0 aliphatic heterocycles. The van der Waals surface area contributed by atoms with Crippen molar-refractivity contribution in [2.75, 3.05) is 26.4 Å². The zero-order valence-corrected chi connectivity index (χ0v) is 11.2. The van der Waals surface area contributed by atoms with Gasteiger partial charge in [0.15, 0.2) is 0 Å². The smallest absolute Gasteiger partial charge is 0.0698 e. The monoisotopic (exact) mass is 307 g/mol. The van der Waals surface area contributed by atoms with Crippen LogP contribution in [0.25, 0.3) is 0 Å². The summed E-state index contributed by atoms with van der Waals surface area (Å²) in [6.45, 7) is 2.49. The minimum Gasteiger partial charge on any atom is -0.394 e. The molecule has 5 heteroatoms. The number of aliphatic hydroxyl groups excluding tert-OH is 1. The summed E-state index contributed by atoms with van der Waals surface area (Å²) < 4.78 is 6.14. The van der Waals surface area contributed by atoms with Gasteiger partial charge in [0.1, 0.15) is 0 Å². The molecule has 90 valence electrons. The van der Waals surface area contributed by atoms with Gasteiger partial charge < -0.3 is 15.2 Å². The molecular weight excluding hydrogens is 293 g/mol. The van der Waals surface area contributed by atoms with Gasteiger partial charge in [0.05, 0.1) is 19.8 Å². The quantitative estimate of drug-likeness (QED) is 0.759. The molecule has 0 fully saturated rings. The fourth-order valence-corrected chi connectivity index (χ4v) is 1.81. The van der Waals surface area contributed by atoms with E-state index in [9.17, 15) is 0 Å². The van der Waals surface area contributed by atoms with Crippen LogP contribution in [-0.4, -0.2) is 31.5 Å². The Morgan fingerprint density at radius 1 is 1.38 bits per heavy atom. The maximum atomic E-state index is 8.50. The first-order valence-electron chi connectivity index (χ1n) is 5.07. The summed E-state index contributed by atoms with van der Waals surface area (Å²) in [5, 5.41) is 12.5. The van der Waals surface area contributed by atoms with Crippen molar-refractivity contribution in [2.45, 2.75) is 6.54 Å². The maximum Gasteiger partial charge on any atom is 0.0698 e. The molecule has 1 aromatic rings. The van der Waals surface area contributed by atoms with Gasteiger partial charge in [-0.15, -0.1) is 0 Å². The zero-order chi connectivity index (χ0) is 11.8. The van der Waals surface area contributed by atoms with Crippen molar-refractivity contribution in [3.8, 4) is 0 Å². The summed E-state index contributed by atoms with van der Waals surface area (Å²) in [6, 6.07) is 5.77. The van der Waals surface area contributed by atoms with E-state index in [4.69, 9.17) is 21.4 Å². The van der Waals surface area contributed by atoms with E-state index in [1.54, 1.807) is 0 Å². The SMILES string of the molecule is OCCOCCNCc1cc(Br)ccc1Cl. The molecule has 0 aromatic heterocycles. The summed E-state index contributed by atoms with van der Waals surface area (Å²) in [7, 11) is 0. The molecule has 1 aromatic carbocycles. The van der Waals surface area contributed by atoms with Crippen LogP contribution < -0.4 is 5.32 Å². The zero-order valence-electron chi connectivity index (χ0n) is 8.88. The number of rotatable bonds is 7. The summed E-state index contributed by atoms with van der Waals surface area (Å²) in [6.07, 6.45) is 0. The minimum atomic E-state index is 0.0669. The second kappa shape index (κ2) is 8.03. The second-order valence-electron chi connectivity index (χ2n) is 3.25. The molecule has 16 heavy (non-hydrogen) atoms. The third-order valence-corrected chi connectivity index (χ3v) is 2.84. The normalized spacial score (nSPS) is 10.7. The standard InChI is InChI=1S/C11H15BrClNO2/c12-10-1-2-11(13)9(7-10)8-14-3-5-16-6-4-15/h1-2,7,14-15H,3-6,8H2. The highest BCUT2D eigenvalue weighted by atomic mass is 79.9. The average molecular weight is 309 g/mol. The van der Waals surface area contributed by atoms with Crippen molar-refractivity contribution in [2.24, 2.45) is 0 Å². The van der Waals surface area contributed by atoms with Crippen LogP contribution >= 0.6 is 27.5 Å². The van der Waals surface area contributed by atoms with Gasteiger partial charge in [0, 0.05) is 22.6 Å². The third-order valence-electron chi connectivity index (χ3n) is 1.98. The van der Waals surface area contributed by atoms with Crippen LogP contribution in [0.15, 0.2) is 22.7 Å². The number of benzene rings is 1. The van der Waals surface area contributed by atoms with Crippen LogP contribution in [0.1, 0.15) is 5.56 Å². The van der Waals surface area contributed by atoms with Crippen LogP contribution in [0.2, 0.25) is 5.02 Å². The number of halogens is 2. The van der Waals surface area contributed by atoms with E-state index in [-0.39, 0.29) is 6.61 Å². The Bertz CT molecular complexity index is 323. The predicted molar refractivity (Wildman–Crippen MR) is 68.8 cm³/mol. The molecule has 0 aliphatic rings. The van der Waals surface area contributed by atoms with E-state index in [1.165, 1.54) is 0 Å². The number of hydrogen-bond donors (Lipinski definition) is 2. The number of hydrogen-bond acceptors (Lipinski definition) is 3. The van der Waals surface area contributed by atoms with Gasteiger partial charge in [-0.05, 0) is 23.8 Å². The molecule has 2 N–H and O–H groups in total. The minimum absolute atomic E-state index is 0.0669. The van der Waals surface area contributed by atoms with Crippen molar-refractivity contribution in [1.82, 2.24) is 5.32 Å². The van der Waals surface area contributed by atoms with Crippen LogP contribution in [0, 0.1) is 0 Å². The molecule has 0 saturated heterocycles. The lowest BCUT2D eigenvalue weighted by Crippen LogP contribution is -2.20. The molecule has 0 aliphatic carbocycles. The molecular formula is C11H15BrClNO2. The van der Waals surface area contributed by atoms with Gasteiger partial charge in [-0.2, -0.15) is 0 Å². The molecule has 0 saturated carbocycles.